The maximum absolute atomic E-state index is 13.0. The lowest BCUT2D eigenvalue weighted by molar-refractivity contribution is 0.102. The van der Waals surface area contributed by atoms with Gasteiger partial charge in [-0.05, 0) is 43.7 Å². The molecule has 0 bridgehead atoms. The summed E-state index contributed by atoms with van der Waals surface area (Å²) in [5, 5.41) is 8.49. The fraction of sp³-hybridized carbons (Fsp3) is 0.238. The molecule has 1 aromatic heterocycles. The van der Waals surface area contributed by atoms with Gasteiger partial charge < -0.3 is 14.8 Å². The molecule has 3 rings (SSSR count). The summed E-state index contributed by atoms with van der Waals surface area (Å²) in [6.07, 6.45) is 0. The van der Waals surface area contributed by atoms with E-state index in [4.69, 9.17) is 32.7 Å². The summed E-state index contributed by atoms with van der Waals surface area (Å²) in [6.45, 7) is 4.23. The van der Waals surface area contributed by atoms with E-state index >= 15 is 0 Å². The van der Waals surface area contributed by atoms with Crippen molar-refractivity contribution in [3.05, 3.63) is 69.0 Å². The summed E-state index contributed by atoms with van der Waals surface area (Å²) in [5.74, 6) is 0.528. The minimum atomic E-state index is -0.334. The molecular formula is C21H21Cl2N3O3. The van der Waals surface area contributed by atoms with Crippen LogP contribution in [0.15, 0.2) is 36.4 Å². The quantitative estimate of drug-likeness (QED) is 0.585. The molecule has 0 saturated heterocycles. The number of hydrogen-bond donors (Lipinski definition) is 1. The standard InChI is InChI=1S/C21H21Cl2N3O3/c1-12-20(24-21(27)19-17(28-3)6-5-7-18(19)29-4)13(2)26(25-12)11-14-8-9-15(22)16(23)10-14/h5-10H,11H2,1-4H3,(H,24,27). The van der Waals surface area contributed by atoms with E-state index in [0.717, 1.165) is 11.3 Å². The molecule has 1 amide bonds. The Hall–Kier alpha value is -2.70. The van der Waals surface area contributed by atoms with Crippen molar-refractivity contribution in [3.63, 3.8) is 0 Å². The number of aromatic nitrogens is 2. The molecule has 0 aliphatic carbocycles. The summed E-state index contributed by atoms with van der Waals surface area (Å²) in [5.41, 5.74) is 3.44. The number of aryl methyl sites for hydroxylation is 1. The van der Waals surface area contributed by atoms with Crippen molar-refractivity contribution in [2.24, 2.45) is 0 Å². The number of anilines is 1. The zero-order valence-electron chi connectivity index (χ0n) is 16.5. The molecule has 152 valence electrons. The van der Waals surface area contributed by atoms with Gasteiger partial charge in [0.2, 0.25) is 0 Å². The average molecular weight is 434 g/mol. The number of benzene rings is 2. The van der Waals surface area contributed by atoms with E-state index in [-0.39, 0.29) is 5.91 Å². The fourth-order valence-corrected chi connectivity index (χ4v) is 3.41. The minimum Gasteiger partial charge on any atom is -0.496 e. The average Bonchev–Trinajstić information content (AvgIpc) is 2.97. The highest BCUT2D eigenvalue weighted by Gasteiger charge is 2.21. The number of ether oxygens (including phenoxy) is 2. The Morgan fingerprint density at radius 3 is 2.31 bits per heavy atom. The van der Waals surface area contributed by atoms with Crippen LogP contribution in [0.2, 0.25) is 10.0 Å². The Kier molecular flexibility index (Phi) is 6.35. The summed E-state index contributed by atoms with van der Waals surface area (Å²) < 4.78 is 12.5. The molecule has 6 nitrogen and oxygen atoms in total. The second-order valence-electron chi connectivity index (χ2n) is 6.44. The third-order valence-corrected chi connectivity index (χ3v) is 5.33. The third-order valence-electron chi connectivity index (χ3n) is 4.59. The number of nitrogens with zero attached hydrogens (tertiary/aromatic N) is 2. The Bertz CT molecular complexity index is 1040. The molecule has 1 heterocycles. The lowest BCUT2D eigenvalue weighted by atomic mass is 10.1. The van der Waals surface area contributed by atoms with Crippen LogP contribution in [0.3, 0.4) is 0 Å². The molecule has 29 heavy (non-hydrogen) atoms. The van der Waals surface area contributed by atoms with Gasteiger partial charge in [0, 0.05) is 0 Å². The largest absolute Gasteiger partial charge is 0.496 e. The molecule has 8 heteroatoms. The maximum Gasteiger partial charge on any atom is 0.263 e. The lowest BCUT2D eigenvalue weighted by Gasteiger charge is -2.13. The Morgan fingerprint density at radius 1 is 1.07 bits per heavy atom. The van der Waals surface area contributed by atoms with Crippen molar-refractivity contribution >= 4 is 34.8 Å². The number of methoxy groups -OCH3 is 2. The van der Waals surface area contributed by atoms with Crippen LogP contribution in [-0.2, 0) is 6.54 Å². The van der Waals surface area contributed by atoms with Gasteiger partial charge in [-0.3, -0.25) is 9.48 Å². The van der Waals surface area contributed by atoms with Crippen molar-refractivity contribution in [3.8, 4) is 11.5 Å². The molecule has 3 aromatic rings. The monoisotopic (exact) mass is 433 g/mol. The molecule has 0 radical (unpaired) electrons. The van der Waals surface area contributed by atoms with Crippen LogP contribution >= 0.6 is 23.2 Å². The number of carbonyl (C=O) groups excluding carboxylic acids is 1. The van der Waals surface area contributed by atoms with Gasteiger partial charge in [0.1, 0.15) is 17.1 Å². The first-order chi connectivity index (χ1) is 13.8. The number of amides is 1. The van der Waals surface area contributed by atoms with Gasteiger partial charge in [0.25, 0.3) is 5.91 Å². The van der Waals surface area contributed by atoms with Crippen LogP contribution < -0.4 is 14.8 Å². The summed E-state index contributed by atoms with van der Waals surface area (Å²) in [4.78, 5) is 13.0. The first-order valence-corrected chi connectivity index (χ1v) is 9.61. The van der Waals surface area contributed by atoms with Crippen LogP contribution in [0, 0.1) is 13.8 Å². The van der Waals surface area contributed by atoms with Gasteiger partial charge in [-0.15, -0.1) is 0 Å². The lowest BCUT2D eigenvalue weighted by Crippen LogP contribution is -2.15. The zero-order chi connectivity index (χ0) is 21.1. The minimum absolute atomic E-state index is 0.327. The van der Waals surface area contributed by atoms with E-state index in [1.165, 1.54) is 14.2 Å². The van der Waals surface area contributed by atoms with Crippen molar-refractivity contribution < 1.29 is 14.3 Å². The highest BCUT2D eigenvalue weighted by atomic mass is 35.5. The molecular weight excluding hydrogens is 413 g/mol. The normalized spacial score (nSPS) is 10.7. The first-order valence-electron chi connectivity index (χ1n) is 8.86. The van der Waals surface area contributed by atoms with E-state index in [9.17, 15) is 4.79 Å². The van der Waals surface area contributed by atoms with Crippen molar-refractivity contribution in [2.45, 2.75) is 20.4 Å². The van der Waals surface area contributed by atoms with Crippen LogP contribution in [0.5, 0.6) is 11.5 Å². The molecule has 1 N–H and O–H groups in total. The van der Waals surface area contributed by atoms with Crippen LogP contribution in [-0.4, -0.2) is 29.9 Å². The summed E-state index contributed by atoms with van der Waals surface area (Å²) >= 11 is 12.1. The van der Waals surface area contributed by atoms with Gasteiger partial charge in [-0.25, -0.2) is 0 Å². The highest BCUT2D eigenvalue weighted by molar-refractivity contribution is 6.42. The SMILES string of the molecule is COc1cccc(OC)c1C(=O)Nc1c(C)nn(Cc2ccc(Cl)c(Cl)c2)c1C. The van der Waals surface area contributed by atoms with Gasteiger partial charge in [-0.1, -0.05) is 35.3 Å². The van der Waals surface area contributed by atoms with E-state index < -0.39 is 0 Å². The topological polar surface area (TPSA) is 65.4 Å². The molecule has 0 aliphatic heterocycles. The van der Waals surface area contributed by atoms with E-state index in [1.54, 1.807) is 30.3 Å². The summed E-state index contributed by atoms with van der Waals surface area (Å²) in [6, 6.07) is 10.6. The maximum atomic E-state index is 13.0. The Balaban J connectivity index is 1.89. The zero-order valence-corrected chi connectivity index (χ0v) is 18.1. The van der Waals surface area contributed by atoms with Gasteiger partial charge in [0.05, 0.1) is 47.9 Å². The predicted octanol–water partition coefficient (Wildman–Crippen LogP) is 5.12. The second kappa shape index (κ2) is 8.76. The van der Waals surface area contributed by atoms with Crippen molar-refractivity contribution in [1.29, 1.82) is 0 Å². The molecule has 0 unspecified atom stereocenters. The second-order valence-corrected chi connectivity index (χ2v) is 7.26. The van der Waals surface area contributed by atoms with E-state index in [0.29, 0.717) is 45.0 Å². The molecule has 0 spiro atoms. The van der Waals surface area contributed by atoms with Gasteiger partial charge >= 0.3 is 0 Å². The van der Waals surface area contributed by atoms with Gasteiger partial charge in [0.15, 0.2) is 0 Å². The highest BCUT2D eigenvalue weighted by Crippen LogP contribution is 2.30. The fourth-order valence-electron chi connectivity index (χ4n) is 3.09. The van der Waals surface area contributed by atoms with E-state index in [2.05, 4.69) is 10.4 Å². The number of halogens is 2. The van der Waals surface area contributed by atoms with Gasteiger partial charge in [-0.2, -0.15) is 5.10 Å². The smallest absolute Gasteiger partial charge is 0.263 e. The molecule has 0 fully saturated rings. The number of nitrogens with one attached hydrogen (secondary N) is 1. The number of rotatable bonds is 6. The summed E-state index contributed by atoms with van der Waals surface area (Å²) in [7, 11) is 3.02. The van der Waals surface area contributed by atoms with Crippen molar-refractivity contribution in [2.75, 3.05) is 19.5 Å². The molecule has 2 aromatic carbocycles. The molecule has 0 atom stereocenters. The van der Waals surface area contributed by atoms with Crippen molar-refractivity contribution in [1.82, 2.24) is 9.78 Å². The molecule has 0 saturated carbocycles. The third kappa shape index (κ3) is 4.33. The van der Waals surface area contributed by atoms with Crippen LogP contribution in [0.1, 0.15) is 27.3 Å². The van der Waals surface area contributed by atoms with Crippen LogP contribution in [0.25, 0.3) is 0 Å². The molecule has 0 aliphatic rings. The van der Waals surface area contributed by atoms with E-state index in [1.807, 2.05) is 24.6 Å². The Labute approximate surface area is 179 Å². The number of carbonyl (C=O) groups is 1. The Morgan fingerprint density at radius 2 is 1.72 bits per heavy atom. The van der Waals surface area contributed by atoms with Crippen LogP contribution in [0.4, 0.5) is 5.69 Å². The number of hydrogen-bond acceptors (Lipinski definition) is 4. The first kappa shape index (κ1) is 21.0. The predicted molar refractivity (Wildman–Crippen MR) is 115 cm³/mol.